The van der Waals surface area contributed by atoms with Crippen molar-refractivity contribution < 1.29 is 0 Å². The van der Waals surface area contributed by atoms with Crippen LogP contribution in [-0.4, -0.2) is 0 Å². The smallest absolute Gasteiger partial charge is 0.0394 e. The first-order chi connectivity index (χ1) is 7.22. The van der Waals surface area contributed by atoms with Crippen molar-refractivity contribution in [3.63, 3.8) is 0 Å². The van der Waals surface area contributed by atoms with E-state index in [-0.39, 0.29) is 0 Å². The van der Waals surface area contributed by atoms with Crippen LogP contribution in [0, 0.1) is 0 Å². The minimum atomic E-state index is 0.730. The van der Waals surface area contributed by atoms with E-state index in [9.17, 15) is 0 Å². The number of allylic oxidation sites excluding steroid dienone is 2. The van der Waals surface area contributed by atoms with E-state index < -0.39 is 0 Å². The number of nitrogen functional groups attached to an aromatic ring is 1. The molecule has 0 fully saturated rings. The maximum absolute atomic E-state index is 5.89. The van der Waals surface area contributed by atoms with Gasteiger partial charge in [-0.15, -0.1) is 0 Å². The first kappa shape index (κ1) is 11.1. The maximum Gasteiger partial charge on any atom is 0.0394 e. The molecule has 0 aliphatic carbocycles. The van der Waals surface area contributed by atoms with Gasteiger partial charge in [-0.3, -0.25) is 0 Å². The Balaban J connectivity index is 3.30. The second-order valence-electron chi connectivity index (χ2n) is 3.11. The molecule has 0 spiro atoms. The Kier molecular flexibility index (Phi) is 3.69. The zero-order chi connectivity index (χ0) is 11.3. The van der Waals surface area contributed by atoms with Gasteiger partial charge < -0.3 is 5.73 Å². The summed E-state index contributed by atoms with van der Waals surface area (Å²) in [6.45, 7) is 11.1. The van der Waals surface area contributed by atoms with Crippen molar-refractivity contribution in [1.82, 2.24) is 0 Å². The molecule has 1 aromatic carbocycles. The van der Waals surface area contributed by atoms with Gasteiger partial charge in [-0.1, -0.05) is 50.1 Å². The third kappa shape index (κ3) is 2.47. The largest absolute Gasteiger partial charge is 0.398 e. The Morgan fingerprint density at radius 3 is 2.07 bits per heavy atom. The second-order valence-corrected chi connectivity index (χ2v) is 3.11. The summed E-state index contributed by atoms with van der Waals surface area (Å²) in [4.78, 5) is 0. The van der Waals surface area contributed by atoms with Crippen molar-refractivity contribution in [1.29, 1.82) is 0 Å². The summed E-state index contributed by atoms with van der Waals surface area (Å²) in [7, 11) is 0. The van der Waals surface area contributed by atoms with Gasteiger partial charge in [0, 0.05) is 5.69 Å². The third-order valence-corrected chi connectivity index (χ3v) is 2.14. The predicted octanol–water partition coefficient (Wildman–Crippen LogP) is 3.75. The fourth-order valence-electron chi connectivity index (χ4n) is 1.34. The molecule has 1 aromatic rings. The average molecular weight is 197 g/mol. The number of hydrogen-bond donors (Lipinski definition) is 1. The Labute approximate surface area is 90.9 Å². The zero-order valence-corrected chi connectivity index (χ0v) is 8.74. The molecule has 0 radical (unpaired) electrons. The quantitative estimate of drug-likeness (QED) is 0.577. The number of hydrogen-bond acceptors (Lipinski definition) is 1. The van der Waals surface area contributed by atoms with Crippen molar-refractivity contribution >= 4 is 23.9 Å². The van der Waals surface area contributed by atoms with Crippen LogP contribution in [-0.2, 0) is 0 Å². The minimum absolute atomic E-state index is 0.730. The molecule has 0 aromatic heterocycles. The van der Waals surface area contributed by atoms with Gasteiger partial charge in [-0.05, 0) is 28.8 Å². The second kappa shape index (κ2) is 5.01. The van der Waals surface area contributed by atoms with Crippen molar-refractivity contribution in [2.45, 2.75) is 0 Å². The molecule has 0 saturated carbocycles. The van der Waals surface area contributed by atoms with E-state index in [1.54, 1.807) is 18.2 Å². The lowest BCUT2D eigenvalue weighted by Crippen LogP contribution is -1.92. The molecule has 0 bridgehead atoms. The lowest BCUT2D eigenvalue weighted by atomic mass is 10.0. The van der Waals surface area contributed by atoms with Crippen molar-refractivity contribution in [3.8, 4) is 0 Å². The normalized spacial score (nSPS) is 10.1. The van der Waals surface area contributed by atoms with Crippen molar-refractivity contribution in [2.75, 3.05) is 5.73 Å². The Hall–Kier alpha value is -2.02. The molecular formula is C14H15N. The third-order valence-electron chi connectivity index (χ3n) is 2.14. The average Bonchev–Trinajstić information content (AvgIpc) is 2.27. The fraction of sp³-hybridized carbons (Fsp3) is 0. The summed E-state index contributed by atoms with van der Waals surface area (Å²) < 4.78 is 0. The highest BCUT2D eigenvalue weighted by molar-refractivity contribution is 5.75. The van der Waals surface area contributed by atoms with Crippen LogP contribution >= 0.6 is 0 Å². The van der Waals surface area contributed by atoms with Crippen LogP contribution in [0.3, 0.4) is 0 Å². The van der Waals surface area contributed by atoms with E-state index >= 15 is 0 Å². The Morgan fingerprint density at radius 2 is 1.53 bits per heavy atom. The molecule has 0 atom stereocenters. The lowest BCUT2D eigenvalue weighted by molar-refractivity contribution is 1.57. The van der Waals surface area contributed by atoms with E-state index in [1.807, 2.05) is 24.3 Å². The SMILES string of the molecule is C=C/C=C\c1cc(C=C)c(C=C)cc1N. The summed E-state index contributed by atoms with van der Waals surface area (Å²) in [6.07, 6.45) is 9.05. The molecular weight excluding hydrogens is 182 g/mol. The van der Waals surface area contributed by atoms with Gasteiger partial charge in [0.1, 0.15) is 0 Å². The van der Waals surface area contributed by atoms with Crippen LogP contribution < -0.4 is 5.73 Å². The Bertz CT molecular complexity index is 425. The molecule has 0 heterocycles. The summed E-state index contributed by atoms with van der Waals surface area (Å²) in [5.74, 6) is 0. The van der Waals surface area contributed by atoms with Crippen LogP contribution in [0.1, 0.15) is 16.7 Å². The van der Waals surface area contributed by atoms with Crippen LogP contribution in [0.2, 0.25) is 0 Å². The highest BCUT2D eigenvalue weighted by Gasteiger charge is 2.01. The lowest BCUT2D eigenvalue weighted by Gasteiger charge is -2.06. The molecule has 1 rings (SSSR count). The van der Waals surface area contributed by atoms with E-state index in [0.29, 0.717) is 0 Å². The summed E-state index contributed by atoms with van der Waals surface area (Å²) in [5, 5.41) is 0. The first-order valence-electron chi connectivity index (χ1n) is 4.70. The monoisotopic (exact) mass is 197 g/mol. The summed E-state index contributed by atoms with van der Waals surface area (Å²) in [5.41, 5.74) is 9.62. The summed E-state index contributed by atoms with van der Waals surface area (Å²) >= 11 is 0. The first-order valence-corrected chi connectivity index (χ1v) is 4.70. The van der Waals surface area contributed by atoms with Crippen LogP contribution in [0.4, 0.5) is 5.69 Å². The zero-order valence-electron chi connectivity index (χ0n) is 8.74. The van der Waals surface area contributed by atoms with Gasteiger partial charge in [0.25, 0.3) is 0 Å². The van der Waals surface area contributed by atoms with Gasteiger partial charge >= 0.3 is 0 Å². The molecule has 0 unspecified atom stereocenters. The standard InChI is InChI=1S/C14H15N/c1-4-7-8-13-9-11(5-2)12(6-3)10-14(13)15/h4-10H,1-3,15H2/b8-7-. The van der Waals surface area contributed by atoms with Crippen LogP contribution in [0.5, 0.6) is 0 Å². The predicted molar refractivity (Wildman–Crippen MR) is 70.3 cm³/mol. The molecule has 76 valence electrons. The maximum atomic E-state index is 5.89. The molecule has 1 heteroatoms. The van der Waals surface area contributed by atoms with Crippen molar-refractivity contribution in [2.24, 2.45) is 0 Å². The topological polar surface area (TPSA) is 26.0 Å². The number of benzene rings is 1. The van der Waals surface area contributed by atoms with Gasteiger partial charge in [0.15, 0.2) is 0 Å². The number of rotatable bonds is 4. The van der Waals surface area contributed by atoms with E-state index in [4.69, 9.17) is 5.73 Å². The van der Waals surface area contributed by atoms with Crippen LogP contribution in [0.25, 0.3) is 18.2 Å². The molecule has 15 heavy (non-hydrogen) atoms. The number of nitrogens with two attached hydrogens (primary N) is 1. The Morgan fingerprint density at radius 1 is 0.933 bits per heavy atom. The van der Waals surface area contributed by atoms with Crippen molar-refractivity contribution in [3.05, 3.63) is 60.7 Å². The molecule has 2 N–H and O–H groups in total. The van der Waals surface area contributed by atoms with Gasteiger partial charge in [-0.25, -0.2) is 0 Å². The van der Waals surface area contributed by atoms with Gasteiger partial charge in [0.05, 0.1) is 0 Å². The molecule has 0 aliphatic rings. The summed E-state index contributed by atoms with van der Waals surface area (Å²) in [6, 6.07) is 3.88. The highest BCUT2D eigenvalue weighted by atomic mass is 14.6. The van der Waals surface area contributed by atoms with E-state index in [1.165, 1.54) is 0 Å². The molecule has 0 amide bonds. The van der Waals surface area contributed by atoms with Crippen LogP contribution in [0.15, 0.2) is 44.0 Å². The molecule has 1 nitrogen and oxygen atoms in total. The van der Waals surface area contributed by atoms with Gasteiger partial charge in [-0.2, -0.15) is 0 Å². The highest BCUT2D eigenvalue weighted by Crippen LogP contribution is 2.22. The fourth-order valence-corrected chi connectivity index (χ4v) is 1.34. The van der Waals surface area contributed by atoms with Gasteiger partial charge in [0.2, 0.25) is 0 Å². The molecule has 0 saturated heterocycles. The van der Waals surface area contributed by atoms with E-state index in [2.05, 4.69) is 19.7 Å². The minimum Gasteiger partial charge on any atom is -0.398 e. The molecule has 0 aliphatic heterocycles. The van der Waals surface area contributed by atoms with E-state index in [0.717, 1.165) is 22.4 Å². The number of anilines is 1.